The predicted octanol–water partition coefficient (Wildman–Crippen LogP) is 2.91. The van der Waals surface area contributed by atoms with Gasteiger partial charge in [-0.05, 0) is 36.8 Å². The molecule has 0 radical (unpaired) electrons. The number of carbonyl (C=O) groups excluding carboxylic acids is 1. The van der Waals surface area contributed by atoms with Gasteiger partial charge in [0.15, 0.2) is 5.96 Å². The zero-order valence-corrected chi connectivity index (χ0v) is 18.1. The highest BCUT2D eigenvalue weighted by Gasteiger charge is 2.11. The van der Waals surface area contributed by atoms with Crippen molar-refractivity contribution in [2.45, 2.75) is 19.6 Å². The molecule has 1 aromatic carbocycles. The Labute approximate surface area is 178 Å². The first kappa shape index (κ1) is 22.7. The molecule has 5 N–H and O–H groups in total. The lowest BCUT2D eigenvalue weighted by atomic mass is 10.1. The quantitative estimate of drug-likeness (QED) is 0.262. The fourth-order valence-corrected chi connectivity index (χ4v) is 3.13. The van der Waals surface area contributed by atoms with Gasteiger partial charge in [-0.3, -0.25) is 4.79 Å². The minimum absolute atomic E-state index is 0. The summed E-state index contributed by atoms with van der Waals surface area (Å²) in [5.74, 6) is 0.149. The molecule has 1 aromatic heterocycles. The monoisotopic (exact) mass is 508 g/mol. The molecule has 0 spiro atoms. The van der Waals surface area contributed by atoms with Gasteiger partial charge in [0.1, 0.15) is 6.10 Å². The van der Waals surface area contributed by atoms with Crippen LogP contribution < -0.4 is 16.4 Å². The Kier molecular flexibility index (Phi) is 9.92. The highest BCUT2D eigenvalue weighted by atomic mass is 127. The summed E-state index contributed by atoms with van der Waals surface area (Å²) in [6.07, 6.45) is -0.656. The van der Waals surface area contributed by atoms with Crippen molar-refractivity contribution in [2.24, 2.45) is 10.7 Å². The molecule has 0 saturated carbocycles. The number of guanidine groups is 1. The molecular weight excluding hydrogens is 487 g/mol. The van der Waals surface area contributed by atoms with Crippen LogP contribution in [0.3, 0.4) is 0 Å². The van der Waals surface area contributed by atoms with Crippen molar-refractivity contribution in [2.75, 3.05) is 13.1 Å². The lowest BCUT2D eigenvalue weighted by Crippen LogP contribution is -2.39. The van der Waals surface area contributed by atoms with Crippen LogP contribution in [0.15, 0.2) is 41.4 Å². The number of amides is 1. The molecule has 142 valence electrons. The van der Waals surface area contributed by atoms with Gasteiger partial charge in [-0.15, -0.1) is 35.3 Å². The number of carbonyl (C=O) groups is 1. The van der Waals surface area contributed by atoms with Crippen molar-refractivity contribution >= 4 is 58.8 Å². The average molecular weight is 509 g/mol. The highest BCUT2D eigenvalue weighted by molar-refractivity contribution is 14.0. The highest BCUT2D eigenvalue weighted by Crippen LogP contribution is 2.26. The standard InChI is InChI=1S/C17H21ClN4O2S.HI/c1-2-20-17(22-10-13(23)14-7-8-15(18)25-14)21-9-11-3-5-12(6-4-11)16(19)24;/h3-8,13,23H,2,9-10H2,1H3,(H2,19,24)(H2,20,21,22);1H. The molecule has 2 aromatic rings. The number of nitrogens with one attached hydrogen (secondary N) is 2. The molecule has 0 bridgehead atoms. The number of aliphatic imine (C=N–C) groups is 1. The Hall–Kier alpha value is -1.36. The van der Waals surface area contributed by atoms with E-state index >= 15 is 0 Å². The Bertz CT molecular complexity index is 737. The molecule has 2 rings (SSSR count). The number of aliphatic hydroxyl groups is 1. The van der Waals surface area contributed by atoms with Gasteiger partial charge in [0.05, 0.1) is 10.9 Å². The Morgan fingerprint density at radius 2 is 1.96 bits per heavy atom. The minimum atomic E-state index is -0.656. The van der Waals surface area contributed by atoms with Gasteiger partial charge in [0.25, 0.3) is 0 Å². The molecule has 26 heavy (non-hydrogen) atoms. The van der Waals surface area contributed by atoms with E-state index in [2.05, 4.69) is 15.6 Å². The van der Waals surface area contributed by atoms with Crippen molar-refractivity contribution in [1.29, 1.82) is 0 Å². The zero-order chi connectivity index (χ0) is 18.2. The second-order valence-corrected chi connectivity index (χ2v) is 7.04. The summed E-state index contributed by atoms with van der Waals surface area (Å²) in [7, 11) is 0. The maximum absolute atomic E-state index is 11.1. The van der Waals surface area contributed by atoms with Gasteiger partial charge < -0.3 is 21.5 Å². The average Bonchev–Trinajstić information content (AvgIpc) is 3.04. The van der Waals surface area contributed by atoms with Gasteiger partial charge >= 0.3 is 0 Å². The summed E-state index contributed by atoms with van der Waals surface area (Å²) in [5, 5.41) is 16.4. The molecule has 0 fully saturated rings. The molecule has 6 nitrogen and oxygen atoms in total. The van der Waals surface area contributed by atoms with E-state index in [1.165, 1.54) is 11.3 Å². The fourth-order valence-electron chi connectivity index (χ4n) is 2.09. The van der Waals surface area contributed by atoms with Gasteiger partial charge in [-0.1, -0.05) is 23.7 Å². The fraction of sp³-hybridized carbons (Fsp3) is 0.294. The third-order valence-electron chi connectivity index (χ3n) is 3.39. The van der Waals surface area contributed by atoms with Crippen LogP contribution in [0, 0.1) is 0 Å². The first-order chi connectivity index (χ1) is 12.0. The van der Waals surface area contributed by atoms with Crippen LogP contribution in [-0.2, 0) is 6.54 Å². The number of halogens is 2. The molecule has 1 unspecified atom stereocenters. The molecular formula is C17H22ClIN4O2S. The number of rotatable bonds is 7. The van der Waals surface area contributed by atoms with Crippen LogP contribution in [0.4, 0.5) is 0 Å². The van der Waals surface area contributed by atoms with Gasteiger partial charge in [-0.2, -0.15) is 0 Å². The Morgan fingerprint density at radius 1 is 1.27 bits per heavy atom. The molecule has 1 amide bonds. The largest absolute Gasteiger partial charge is 0.386 e. The third-order valence-corrected chi connectivity index (χ3v) is 4.72. The number of benzene rings is 1. The van der Waals surface area contributed by atoms with Crippen LogP contribution >= 0.6 is 46.9 Å². The summed E-state index contributed by atoms with van der Waals surface area (Å²) in [6.45, 7) is 3.43. The van der Waals surface area contributed by atoms with E-state index in [0.717, 1.165) is 10.4 Å². The maximum atomic E-state index is 11.1. The van der Waals surface area contributed by atoms with Crippen LogP contribution in [0.2, 0.25) is 4.34 Å². The number of nitrogens with two attached hydrogens (primary N) is 1. The minimum Gasteiger partial charge on any atom is -0.386 e. The summed E-state index contributed by atoms with van der Waals surface area (Å²) < 4.78 is 0.647. The number of hydrogen-bond acceptors (Lipinski definition) is 4. The number of thiophene rings is 1. The Balaban J connectivity index is 0.00000338. The van der Waals surface area contributed by atoms with Crippen molar-refractivity contribution in [3.05, 3.63) is 56.7 Å². The van der Waals surface area contributed by atoms with E-state index in [1.807, 2.05) is 25.1 Å². The zero-order valence-electron chi connectivity index (χ0n) is 14.2. The number of primary amides is 1. The van der Waals surface area contributed by atoms with Crippen LogP contribution in [0.1, 0.15) is 33.8 Å². The molecule has 0 saturated heterocycles. The summed E-state index contributed by atoms with van der Waals surface area (Å²) in [5.41, 5.74) is 6.65. The van der Waals surface area contributed by atoms with E-state index < -0.39 is 12.0 Å². The second-order valence-electron chi connectivity index (χ2n) is 5.29. The lowest BCUT2D eigenvalue weighted by Gasteiger charge is -2.14. The normalized spacial score (nSPS) is 12.2. The van der Waals surface area contributed by atoms with Gasteiger partial charge in [-0.25, -0.2) is 4.99 Å². The summed E-state index contributed by atoms with van der Waals surface area (Å²) in [6, 6.07) is 10.6. The first-order valence-corrected chi connectivity index (χ1v) is 9.03. The van der Waals surface area contributed by atoms with E-state index in [-0.39, 0.29) is 24.0 Å². The van der Waals surface area contributed by atoms with Gasteiger partial charge in [0, 0.05) is 23.5 Å². The van der Waals surface area contributed by atoms with E-state index in [4.69, 9.17) is 17.3 Å². The van der Waals surface area contributed by atoms with Gasteiger partial charge in [0.2, 0.25) is 5.91 Å². The number of hydrogen-bond donors (Lipinski definition) is 4. The van der Waals surface area contributed by atoms with E-state index in [0.29, 0.717) is 35.5 Å². The van der Waals surface area contributed by atoms with Crippen molar-refractivity contribution in [3.63, 3.8) is 0 Å². The molecule has 0 aliphatic rings. The lowest BCUT2D eigenvalue weighted by molar-refractivity contribution is 0.100. The van der Waals surface area contributed by atoms with Crippen LogP contribution in [0.25, 0.3) is 0 Å². The smallest absolute Gasteiger partial charge is 0.248 e. The van der Waals surface area contributed by atoms with Crippen molar-refractivity contribution < 1.29 is 9.90 Å². The Morgan fingerprint density at radius 3 is 2.50 bits per heavy atom. The molecule has 1 atom stereocenters. The SMILES string of the molecule is CCNC(=NCc1ccc(C(N)=O)cc1)NCC(O)c1ccc(Cl)s1.I. The molecule has 0 aliphatic carbocycles. The van der Waals surface area contributed by atoms with Crippen LogP contribution in [-0.4, -0.2) is 30.1 Å². The molecule has 9 heteroatoms. The molecule has 1 heterocycles. The second kappa shape index (κ2) is 11.4. The van der Waals surface area contributed by atoms with E-state index in [1.54, 1.807) is 18.2 Å². The molecule has 0 aliphatic heterocycles. The number of aliphatic hydroxyl groups excluding tert-OH is 1. The van der Waals surface area contributed by atoms with Crippen LogP contribution in [0.5, 0.6) is 0 Å². The van der Waals surface area contributed by atoms with Crippen molar-refractivity contribution in [3.8, 4) is 0 Å². The third kappa shape index (κ3) is 7.10. The maximum Gasteiger partial charge on any atom is 0.248 e. The first-order valence-electron chi connectivity index (χ1n) is 7.83. The number of nitrogens with zero attached hydrogens (tertiary/aromatic N) is 1. The topological polar surface area (TPSA) is 99.7 Å². The summed E-state index contributed by atoms with van der Waals surface area (Å²) >= 11 is 7.24. The van der Waals surface area contributed by atoms with E-state index in [9.17, 15) is 9.90 Å². The predicted molar refractivity (Wildman–Crippen MR) is 117 cm³/mol. The summed E-state index contributed by atoms with van der Waals surface area (Å²) in [4.78, 5) is 16.3. The van der Waals surface area contributed by atoms with Crippen molar-refractivity contribution in [1.82, 2.24) is 10.6 Å².